The summed E-state index contributed by atoms with van der Waals surface area (Å²) in [4.78, 5) is 11.4. The minimum atomic E-state index is -0.305. The fraction of sp³-hybridized carbons (Fsp3) is 0.462. The van der Waals surface area contributed by atoms with Crippen LogP contribution in [0.5, 0.6) is 0 Å². The van der Waals surface area contributed by atoms with Crippen molar-refractivity contribution in [2.45, 2.75) is 34.1 Å². The van der Waals surface area contributed by atoms with Crippen molar-refractivity contribution >= 4 is 5.78 Å². The third kappa shape index (κ3) is 5.31. The highest BCUT2D eigenvalue weighted by atomic mass is 19.1. The van der Waals surface area contributed by atoms with Crippen LogP contribution in [-0.4, -0.2) is 5.78 Å². The van der Waals surface area contributed by atoms with Gasteiger partial charge in [-0.1, -0.05) is 27.7 Å². The fourth-order valence-corrected chi connectivity index (χ4v) is 1.12. The lowest BCUT2D eigenvalue weighted by atomic mass is 10.0. The molecule has 0 saturated heterocycles. The third-order valence-electron chi connectivity index (χ3n) is 1.76. The number of carbonyl (C=O) groups is 1. The van der Waals surface area contributed by atoms with Crippen LogP contribution in [0.1, 0.15) is 44.5 Å². The van der Waals surface area contributed by atoms with Gasteiger partial charge in [0.2, 0.25) is 0 Å². The molecule has 1 rings (SSSR count). The largest absolute Gasteiger partial charge is 0.294 e. The van der Waals surface area contributed by atoms with E-state index in [1.165, 1.54) is 24.3 Å². The lowest BCUT2D eigenvalue weighted by molar-refractivity contribution is 0.0968. The highest BCUT2D eigenvalue weighted by Crippen LogP contribution is 2.09. The molecule has 84 valence electrons. The number of hydrogen-bond donors (Lipinski definition) is 0. The summed E-state index contributed by atoms with van der Waals surface area (Å²) < 4.78 is 12.5. The second-order valence-electron chi connectivity index (χ2n) is 3.53. The summed E-state index contributed by atoms with van der Waals surface area (Å²) in [5, 5.41) is 0. The van der Waals surface area contributed by atoms with Crippen LogP contribution in [0.15, 0.2) is 24.3 Å². The predicted octanol–water partition coefficient (Wildman–Crippen LogP) is 4.08. The number of ketones is 1. The van der Waals surface area contributed by atoms with Crippen LogP contribution in [-0.2, 0) is 0 Å². The molecule has 0 atom stereocenters. The molecule has 1 nitrogen and oxygen atoms in total. The standard InChI is InChI=1S/C11H13FO.C2H6/c1-8(2)7-11(13)9-3-5-10(12)6-4-9;1-2/h3-6,8H,7H2,1-2H3;1-2H3. The second kappa shape index (κ2) is 7.16. The zero-order chi connectivity index (χ0) is 11.8. The van der Waals surface area contributed by atoms with Crippen molar-refractivity contribution in [3.63, 3.8) is 0 Å². The van der Waals surface area contributed by atoms with Crippen molar-refractivity contribution in [2.24, 2.45) is 5.92 Å². The Kier molecular flexibility index (Phi) is 6.59. The molecule has 0 radical (unpaired) electrons. The third-order valence-corrected chi connectivity index (χ3v) is 1.76. The summed E-state index contributed by atoms with van der Waals surface area (Å²) in [5.74, 6) is 0.119. The van der Waals surface area contributed by atoms with Gasteiger partial charge in [0, 0.05) is 12.0 Å². The Balaban J connectivity index is 0.000000921. The Morgan fingerprint density at radius 1 is 1.20 bits per heavy atom. The summed E-state index contributed by atoms with van der Waals surface area (Å²) in [6, 6.07) is 5.68. The van der Waals surface area contributed by atoms with Gasteiger partial charge in [0.05, 0.1) is 0 Å². The van der Waals surface area contributed by atoms with Crippen LogP contribution in [0.25, 0.3) is 0 Å². The van der Waals surface area contributed by atoms with Gasteiger partial charge >= 0.3 is 0 Å². The minimum absolute atomic E-state index is 0.0787. The molecule has 0 saturated carbocycles. The van der Waals surface area contributed by atoms with Gasteiger partial charge < -0.3 is 0 Å². The predicted molar refractivity (Wildman–Crippen MR) is 61.5 cm³/mol. The average Bonchev–Trinajstić information content (AvgIpc) is 2.20. The monoisotopic (exact) mass is 210 g/mol. The molecular formula is C13H19FO. The Bertz CT molecular complexity index is 288. The lowest BCUT2D eigenvalue weighted by Crippen LogP contribution is -2.03. The van der Waals surface area contributed by atoms with Gasteiger partial charge in [-0.3, -0.25) is 4.79 Å². The van der Waals surface area contributed by atoms with Crippen molar-refractivity contribution in [1.29, 1.82) is 0 Å². The maximum Gasteiger partial charge on any atom is 0.163 e. The zero-order valence-electron chi connectivity index (χ0n) is 9.88. The van der Waals surface area contributed by atoms with Crippen LogP contribution in [0, 0.1) is 11.7 Å². The first-order valence-electron chi connectivity index (χ1n) is 5.38. The quantitative estimate of drug-likeness (QED) is 0.687. The van der Waals surface area contributed by atoms with Crippen molar-refractivity contribution in [3.05, 3.63) is 35.6 Å². The Labute approximate surface area is 91.3 Å². The zero-order valence-corrected chi connectivity index (χ0v) is 9.88. The topological polar surface area (TPSA) is 17.1 Å². The molecule has 0 aliphatic rings. The SMILES string of the molecule is CC.CC(C)CC(=O)c1ccc(F)cc1. The van der Waals surface area contributed by atoms with E-state index in [0.29, 0.717) is 17.9 Å². The van der Waals surface area contributed by atoms with Gasteiger partial charge in [-0.25, -0.2) is 4.39 Å². The molecule has 0 bridgehead atoms. The molecule has 0 fully saturated rings. The van der Waals surface area contributed by atoms with E-state index >= 15 is 0 Å². The van der Waals surface area contributed by atoms with E-state index < -0.39 is 0 Å². The van der Waals surface area contributed by atoms with Crippen LogP contribution < -0.4 is 0 Å². The van der Waals surface area contributed by atoms with E-state index in [1.807, 2.05) is 27.7 Å². The van der Waals surface area contributed by atoms with E-state index in [-0.39, 0.29) is 11.6 Å². The summed E-state index contributed by atoms with van der Waals surface area (Å²) >= 11 is 0. The molecule has 2 heteroatoms. The van der Waals surface area contributed by atoms with Gasteiger partial charge in [0.25, 0.3) is 0 Å². The van der Waals surface area contributed by atoms with Gasteiger partial charge in [-0.2, -0.15) is 0 Å². The number of Topliss-reactive ketones (excluding diaryl/α,β-unsaturated/α-hetero) is 1. The highest BCUT2D eigenvalue weighted by Gasteiger charge is 2.07. The Hall–Kier alpha value is -1.18. The van der Waals surface area contributed by atoms with Gasteiger partial charge in [0.15, 0.2) is 5.78 Å². The highest BCUT2D eigenvalue weighted by molar-refractivity contribution is 5.96. The van der Waals surface area contributed by atoms with Crippen LogP contribution in [0.3, 0.4) is 0 Å². The van der Waals surface area contributed by atoms with Gasteiger partial charge in [-0.15, -0.1) is 0 Å². The fourth-order valence-electron chi connectivity index (χ4n) is 1.12. The summed E-state index contributed by atoms with van der Waals surface area (Å²) in [5.41, 5.74) is 0.593. The smallest absolute Gasteiger partial charge is 0.163 e. The molecule has 0 aliphatic carbocycles. The number of halogens is 1. The van der Waals surface area contributed by atoms with E-state index in [9.17, 15) is 9.18 Å². The van der Waals surface area contributed by atoms with Gasteiger partial charge in [0.1, 0.15) is 5.82 Å². The average molecular weight is 210 g/mol. The molecule has 0 aromatic heterocycles. The molecule has 1 aromatic carbocycles. The van der Waals surface area contributed by atoms with Crippen molar-refractivity contribution in [1.82, 2.24) is 0 Å². The van der Waals surface area contributed by atoms with E-state index in [0.717, 1.165) is 0 Å². The molecule has 0 heterocycles. The molecule has 0 unspecified atom stereocenters. The van der Waals surface area contributed by atoms with Crippen molar-refractivity contribution in [3.8, 4) is 0 Å². The molecular weight excluding hydrogens is 191 g/mol. The maximum absolute atomic E-state index is 12.5. The normalized spacial score (nSPS) is 9.47. The van der Waals surface area contributed by atoms with Crippen molar-refractivity contribution < 1.29 is 9.18 Å². The van der Waals surface area contributed by atoms with Crippen LogP contribution in [0.2, 0.25) is 0 Å². The van der Waals surface area contributed by atoms with Crippen molar-refractivity contribution in [2.75, 3.05) is 0 Å². The maximum atomic E-state index is 12.5. The van der Waals surface area contributed by atoms with E-state index in [2.05, 4.69) is 0 Å². The molecule has 1 aromatic rings. The molecule has 0 aliphatic heterocycles. The van der Waals surface area contributed by atoms with E-state index in [1.54, 1.807) is 0 Å². The number of rotatable bonds is 3. The first-order chi connectivity index (χ1) is 7.09. The van der Waals surface area contributed by atoms with E-state index in [4.69, 9.17) is 0 Å². The molecule has 15 heavy (non-hydrogen) atoms. The van der Waals surface area contributed by atoms with Gasteiger partial charge in [-0.05, 0) is 30.2 Å². The second-order valence-corrected chi connectivity index (χ2v) is 3.53. The molecule has 0 N–H and O–H groups in total. The molecule has 0 spiro atoms. The first kappa shape index (κ1) is 13.8. The van der Waals surface area contributed by atoms with Crippen LogP contribution in [0.4, 0.5) is 4.39 Å². The Morgan fingerprint density at radius 2 is 1.67 bits per heavy atom. The first-order valence-corrected chi connectivity index (χ1v) is 5.38. The van der Waals surface area contributed by atoms with Crippen LogP contribution >= 0.6 is 0 Å². The number of benzene rings is 1. The lowest BCUT2D eigenvalue weighted by Gasteiger charge is -2.03. The summed E-state index contributed by atoms with van der Waals surface area (Å²) in [6.07, 6.45) is 0.519. The number of hydrogen-bond acceptors (Lipinski definition) is 1. The molecule has 0 amide bonds. The number of carbonyl (C=O) groups excluding carboxylic acids is 1. The minimum Gasteiger partial charge on any atom is -0.294 e. The Morgan fingerprint density at radius 3 is 2.07 bits per heavy atom. The summed E-state index contributed by atoms with van der Waals surface area (Å²) in [6.45, 7) is 7.98. The summed E-state index contributed by atoms with van der Waals surface area (Å²) in [7, 11) is 0.